The molecule has 0 saturated carbocycles. The predicted octanol–water partition coefficient (Wildman–Crippen LogP) is 4.78. The van der Waals surface area contributed by atoms with Crippen molar-refractivity contribution >= 4 is 5.78 Å². The Balaban J connectivity index is 2.76. The van der Waals surface area contributed by atoms with Crippen LogP contribution in [0, 0.1) is 48.5 Å². The Kier molecular flexibility index (Phi) is 4.15. The van der Waals surface area contributed by atoms with Gasteiger partial charge in [-0.1, -0.05) is 17.7 Å². The maximum Gasteiger partial charge on any atom is 0.194 e. The Morgan fingerprint density at radius 3 is 1.55 bits per heavy atom. The van der Waals surface area contributed by atoms with Gasteiger partial charge in [-0.15, -0.1) is 0 Å². The molecule has 22 heavy (non-hydrogen) atoms. The van der Waals surface area contributed by atoms with Gasteiger partial charge in [0.05, 0.1) is 0 Å². The molecule has 0 fully saturated rings. The Hall–Kier alpha value is -2.09. The van der Waals surface area contributed by atoms with E-state index in [2.05, 4.69) is 0 Å². The number of ketones is 1. The summed E-state index contributed by atoms with van der Waals surface area (Å²) in [7, 11) is 0. The van der Waals surface area contributed by atoms with Crippen LogP contribution in [0.4, 0.5) is 0 Å². The average molecular weight is 296 g/mol. The fourth-order valence-corrected chi connectivity index (χ4v) is 3.30. The van der Waals surface area contributed by atoms with E-state index in [4.69, 9.17) is 0 Å². The van der Waals surface area contributed by atoms with E-state index in [1.165, 1.54) is 0 Å². The van der Waals surface area contributed by atoms with Gasteiger partial charge in [0.25, 0.3) is 0 Å². The molecule has 0 radical (unpaired) electrons. The summed E-state index contributed by atoms with van der Waals surface area (Å²) in [5.41, 5.74) is 7.98. The molecule has 0 atom stereocenters. The first-order valence-corrected chi connectivity index (χ1v) is 7.58. The van der Waals surface area contributed by atoms with Crippen molar-refractivity contribution < 1.29 is 9.90 Å². The molecule has 0 aromatic heterocycles. The quantitative estimate of drug-likeness (QED) is 0.810. The van der Waals surface area contributed by atoms with Gasteiger partial charge < -0.3 is 5.11 Å². The van der Waals surface area contributed by atoms with Crippen LogP contribution in [0.2, 0.25) is 0 Å². The zero-order valence-corrected chi connectivity index (χ0v) is 14.5. The van der Waals surface area contributed by atoms with Crippen LogP contribution in [-0.2, 0) is 0 Å². The normalized spacial score (nSPS) is 10.9. The highest BCUT2D eigenvalue weighted by Gasteiger charge is 2.23. The van der Waals surface area contributed by atoms with Crippen LogP contribution in [0.15, 0.2) is 12.1 Å². The summed E-state index contributed by atoms with van der Waals surface area (Å²) >= 11 is 0. The maximum atomic E-state index is 13.2. The zero-order chi connectivity index (χ0) is 16.8. The second-order valence-electron chi connectivity index (χ2n) is 6.33. The number of benzene rings is 2. The summed E-state index contributed by atoms with van der Waals surface area (Å²) in [6.07, 6.45) is 0. The van der Waals surface area contributed by atoms with E-state index in [1.54, 1.807) is 0 Å². The number of phenols is 1. The third kappa shape index (κ3) is 2.43. The number of carbonyl (C=O) groups excluding carboxylic acids is 1. The number of hydrogen-bond acceptors (Lipinski definition) is 2. The summed E-state index contributed by atoms with van der Waals surface area (Å²) in [4.78, 5) is 13.2. The minimum Gasteiger partial charge on any atom is -0.507 e. The lowest BCUT2D eigenvalue weighted by Crippen LogP contribution is -2.12. The van der Waals surface area contributed by atoms with Gasteiger partial charge in [-0.3, -0.25) is 4.79 Å². The summed E-state index contributed by atoms with van der Waals surface area (Å²) in [5.74, 6) is 0.347. The van der Waals surface area contributed by atoms with Crippen LogP contribution in [0.1, 0.15) is 54.9 Å². The largest absolute Gasteiger partial charge is 0.507 e. The van der Waals surface area contributed by atoms with Crippen molar-refractivity contribution in [3.63, 3.8) is 0 Å². The third-order valence-corrected chi connectivity index (χ3v) is 4.72. The van der Waals surface area contributed by atoms with Crippen molar-refractivity contribution in [2.24, 2.45) is 0 Å². The monoisotopic (exact) mass is 296 g/mol. The van der Waals surface area contributed by atoms with E-state index in [0.717, 1.165) is 50.1 Å². The molecule has 0 amide bonds. The molecule has 2 aromatic carbocycles. The van der Waals surface area contributed by atoms with E-state index in [1.807, 2.05) is 60.6 Å². The predicted molar refractivity (Wildman–Crippen MR) is 91.1 cm³/mol. The molecule has 0 aliphatic carbocycles. The van der Waals surface area contributed by atoms with Gasteiger partial charge >= 0.3 is 0 Å². The van der Waals surface area contributed by atoms with E-state index < -0.39 is 0 Å². The molecule has 0 saturated heterocycles. The van der Waals surface area contributed by atoms with Gasteiger partial charge in [0.1, 0.15) is 5.75 Å². The number of hydrogen-bond donors (Lipinski definition) is 1. The standard InChI is InChI=1S/C20H24O2/c1-10-8-11(2)17(12(3)9-10)20(22)18-13(4)15(6)19(21)16(7)14(18)5/h8-9,21H,1-7H3. The summed E-state index contributed by atoms with van der Waals surface area (Å²) in [6.45, 7) is 13.6. The van der Waals surface area contributed by atoms with Crippen molar-refractivity contribution in [3.8, 4) is 5.75 Å². The number of carbonyl (C=O) groups is 1. The highest BCUT2D eigenvalue weighted by molar-refractivity contribution is 6.13. The number of aryl methyl sites for hydroxylation is 3. The number of phenolic OH excluding ortho intramolecular Hbond substituents is 1. The highest BCUT2D eigenvalue weighted by atomic mass is 16.3. The minimum atomic E-state index is 0.0520. The molecule has 0 aliphatic rings. The second-order valence-corrected chi connectivity index (χ2v) is 6.33. The number of rotatable bonds is 2. The summed E-state index contributed by atoms with van der Waals surface area (Å²) in [5, 5.41) is 10.2. The number of aromatic hydroxyl groups is 1. The second kappa shape index (κ2) is 5.60. The Morgan fingerprint density at radius 1 is 0.727 bits per heavy atom. The van der Waals surface area contributed by atoms with Crippen LogP contribution >= 0.6 is 0 Å². The van der Waals surface area contributed by atoms with E-state index in [-0.39, 0.29) is 5.78 Å². The third-order valence-electron chi connectivity index (χ3n) is 4.72. The topological polar surface area (TPSA) is 37.3 Å². The van der Waals surface area contributed by atoms with Crippen LogP contribution < -0.4 is 0 Å². The van der Waals surface area contributed by atoms with Crippen LogP contribution in [0.25, 0.3) is 0 Å². The molecular formula is C20H24O2. The lowest BCUT2D eigenvalue weighted by Gasteiger charge is -2.18. The van der Waals surface area contributed by atoms with Gasteiger partial charge in [0, 0.05) is 11.1 Å². The van der Waals surface area contributed by atoms with Gasteiger partial charge in [-0.05, 0) is 81.8 Å². The van der Waals surface area contributed by atoms with Gasteiger partial charge in [0.2, 0.25) is 0 Å². The molecule has 1 N–H and O–H groups in total. The Bertz CT molecular complexity index is 731. The first-order valence-electron chi connectivity index (χ1n) is 7.58. The molecule has 2 heteroatoms. The molecule has 0 unspecified atom stereocenters. The molecular weight excluding hydrogens is 272 g/mol. The van der Waals surface area contributed by atoms with Crippen molar-refractivity contribution in [3.05, 3.63) is 62.2 Å². The summed E-state index contributed by atoms with van der Waals surface area (Å²) < 4.78 is 0. The van der Waals surface area contributed by atoms with Crippen molar-refractivity contribution in [2.75, 3.05) is 0 Å². The fraction of sp³-hybridized carbons (Fsp3) is 0.350. The average Bonchev–Trinajstić information content (AvgIpc) is 2.42. The van der Waals surface area contributed by atoms with E-state index in [9.17, 15) is 9.90 Å². The van der Waals surface area contributed by atoms with Gasteiger partial charge in [-0.25, -0.2) is 0 Å². The molecule has 0 heterocycles. The molecule has 0 aliphatic heterocycles. The van der Waals surface area contributed by atoms with Crippen molar-refractivity contribution in [1.29, 1.82) is 0 Å². The van der Waals surface area contributed by atoms with Gasteiger partial charge in [0.15, 0.2) is 5.78 Å². The van der Waals surface area contributed by atoms with Crippen LogP contribution in [-0.4, -0.2) is 10.9 Å². The first kappa shape index (κ1) is 16.3. The van der Waals surface area contributed by atoms with Crippen LogP contribution in [0.5, 0.6) is 5.75 Å². The zero-order valence-electron chi connectivity index (χ0n) is 14.5. The molecule has 0 spiro atoms. The minimum absolute atomic E-state index is 0.0520. The molecule has 116 valence electrons. The molecule has 2 aromatic rings. The Morgan fingerprint density at radius 2 is 1.14 bits per heavy atom. The highest BCUT2D eigenvalue weighted by Crippen LogP contribution is 2.33. The lowest BCUT2D eigenvalue weighted by molar-refractivity contribution is 0.103. The van der Waals surface area contributed by atoms with Crippen LogP contribution in [0.3, 0.4) is 0 Å². The molecule has 0 bridgehead atoms. The Labute approximate surface area is 132 Å². The van der Waals surface area contributed by atoms with E-state index in [0.29, 0.717) is 5.75 Å². The van der Waals surface area contributed by atoms with Gasteiger partial charge in [-0.2, -0.15) is 0 Å². The smallest absolute Gasteiger partial charge is 0.194 e. The summed E-state index contributed by atoms with van der Waals surface area (Å²) in [6, 6.07) is 4.09. The maximum absolute atomic E-state index is 13.2. The molecule has 2 rings (SSSR count). The lowest BCUT2D eigenvalue weighted by atomic mass is 9.85. The van der Waals surface area contributed by atoms with Crippen molar-refractivity contribution in [2.45, 2.75) is 48.5 Å². The first-order chi connectivity index (χ1) is 10.2. The SMILES string of the molecule is Cc1cc(C)c(C(=O)c2c(C)c(C)c(O)c(C)c2C)c(C)c1. The fourth-order valence-electron chi connectivity index (χ4n) is 3.30. The van der Waals surface area contributed by atoms with E-state index >= 15 is 0 Å². The van der Waals surface area contributed by atoms with Crippen molar-refractivity contribution in [1.82, 2.24) is 0 Å². The molecule has 2 nitrogen and oxygen atoms in total.